The molecule has 1 aliphatic heterocycles. The van der Waals surface area contributed by atoms with Gasteiger partial charge < -0.3 is 15.1 Å². The van der Waals surface area contributed by atoms with Crippen LogP contribution in [0, 0.1) is 0 Å². The Kier molecular flexibility index (Phi) is 3.13. The van der Waals surface area contributed by atoms with E-state index in [0.717, 1.165) is 17.7 Å². The molecule has 1 aromatic rings. The van der Waals surface area contributed by atoms with Crippen molar-refractivity contribution in [1.82, 2.24) is 0 Å². The van der Waals surface area contributed by atoms with Gasteiger partial charge in [0.15, 0.2) is 0 Å². The molecule has 1 unspecified atom stereocenters. The second-order valence-electron chi connectivity index (χ2n) is 4.51. The number of allylic oxidation sites excluding steroid dienone is 1. The molecular weight excluding hydrogens is 230 g/mol. The van der Waals surface area contributed by atoms with Crippen LogP contribution in [0.15, 0.2) is 29.5 Å². The summed E-state index contributed by atoms with van der Waals surface area (Å²) in [7, 11) is 1.81. The molecule has 1 aromatic carbocycles. The van der Waals surface area contributed by atoms with Crippen LogP contribution in [0.4, 0.5) is 5.69 Å². The summed E-state index contributed by atoms with van der Waals surface area (Å²) in [5.41, 5.74) is 3.25. The molecule has 2 N–H and O–H groups in total. The molecule has 4 heteroatoms. The Labute approximate surface area is 106 Å². The number of fused-ring (bicyclic) bond motifs is 1. The van der Waals surface area contributed by atoms with E-state index in [-0.39, 0.29) is 5.57 Å². The largest absolute Gasteiger partial charge is 0.478 e. The SMILES string of the molecule is CCc1ccc2c(c1)C(O)C(C(=O)O)=C(C)N2C. The third kappa shape index (κ3) is 1.78. The highest BCUT2D eigenvalue weighted by Gasteiger charge is 2.31. The first-order valence-electron chi connectivity index (χ1n) is 5.96. The molecule has 0 fully saturated rings. The van der Waals surface area contributed by atoms with Crippen molar-refractivity contribution in [2.75, 3.05) is 11.9 Å². The van der Waals surface area contributed by atoms with Crippen LogP contribution in [-0.2, 0) is 11.2 Å². The monoisotopic (exact) mass is 247 g/mol. The summed E-state index contributed by atoms with van der Waals surface area (Å²) >= 11 is 0. The second-order valence-corrected chi connectivity index (χ2v) is 4.51. The molecule has 1 atom stereocenters. The molecule has 0 bridgehead atoms. The Bertz CT molecular complexity index is 534. The van der Waals surface area contributed by atoms with Gasteiger partial charge in [-0.1, -0.05) is 19.1 Å². The molecule has 96 valence electrons. The van der Waals surface area contributed by atoms with Gasteiger partial charge in [-0.25, -0.2) is 4.79 Å². The molecule has 18 heavy (non-hydrogen) atoms. The number of benzene rings is 1. The van der Waals surface area contributed by atoms with Gasteiger partial charge in [-0.15, -0.1) is 0 Å². The molecule has 0 radical (unpaired) electrons. The molecule has 0 aliphatic carbocycles. The molecule has 2 rings (SSSR count). The first-order valence-corrected chi connectivity index (χ1v) is 5.96. The van der Waals surface area contributed by atoms with Crippen LogP contribution in [0.3, 0.4) is 0 Å². The zero-order chi connectivity index (χ0) is 13.4. The van der Waals surface area contributed by atoms with E-state index in [4.69, 9.17) is 0 Å². The number of aliphatic hydroxyl groups excluding tert-OH is 1. The van der Waals surface area contributed by atoms with Gasteiger partial charge in [0, 0.05) is 24.0 Å². The molecule has 0 aromatic heterocycles. The van der Waals surface area contributed by atoms with E-state index in [1.54, 1.807) is 6.92 Å². The number of aryl methyl sites for hydroxylation is 1. The van der Waals surface area contributed by atoms with Gasteiger partial charge in [-0.05, 0) is 25.0 Å². The fourth-order valence-corrected chi connectivity index (χ4v) is 2.33. The predicted octanol–water partition coefficient (Wildman–Crippen LogP) is 2.09. The third-order valence-electron chi connectivity index (χ3n) is 3.55. The van der Waals surface area contributed by atoms with Crippen LogP contribution in [0.25, 0.3) is 0 Å². The molecule has 0 saturated carbocycles. The van der Waals surface area contributed by atoms with Crippen LogP contribution >= 0.6 is 0 Å². The predicted molar refractivity (Wildman–Crippen MR) is 69.5 cm³/mol. The first kappa shape index (κ1) is 12.6. The number of anilines is 1. The van der Waals surface area contributed by atoms with Crippen LogP contribution in [0.2, 0.25) is 0 Å². The normalized spacial score (nSPS) is 18.9. The summed E-state index contributed by atoms with van der Waals surface area (Å²) in [4.78, 5) is 13.1. The summed E-state index contributed by atoms with van der Waals surface area (Å²) in [6.45, 7) is 3.74. The van der Waals surface area contributed by atoms with E-state index in [0.29, 0.717) is 11.3 Å². The topological polar surface area (TPSA) is 60.8 Å². The van der Waals surface area contributed by atoms with E-state index in [2.05, 4.69) is 0 Å². The lowest BCUT2D eigenvalue weighted by Gasteiger charge is -2.32. The number of rotatable bonds is 2. The lowest BCUT2D eigenvalue weighted by Crippen LogP contribution is -2.28. The average molecular weight is 247 g/mol. The van der Waals surface area contributed by atoms with Gasteiger partial charge in [0.1, 0.15) is 6.10 Å². The van der Waals surface area contributed by atoms with E-state index in [1.807, 2.05) is 37.1 Å². The summed E-state index contributed by atoms with van der Waals surface area (Å²) in [5, 5.41) is 19.4. The van der Waals surface area contributed by atoms with Crippen molar-refractivity contribution in [3.63, 3.8) is 0 Å². The molecular formula is C14H17NO3. The Morgan fingerprint density at radius 2 is 2.11 bits per heavy atom. The maximum atomic E-state index is 11.2. The maximum Gasteiger partial charge on any atom is 0.336 e. The number of carbonyl (C=O) groups is 1. The van der Waals surface area contributed by atoms with Crippen molar-refractivity contribution in [2.24, 2.45) is 0 Å². The summed E-state index contributed by atoms with van der Waals surface area (Å²) in [5.74, 6) is -1.07. The van der Waals surface area contributed by atoms with Crippen LogP contribution in [-0.4, -0.2) is 23.2 Å². The van der Waals surface area contributed by atoms with Gasteiger partial charge >= 0.3 is 5.97 Å². The van der Waals surface area contributed by atoms with E-state index < -0.39 is 12.1 Å². The Morgan fingerprint density at radius 1 is 1.44 bits per heavy atom. The summed E-state index contributed by atoms with van der Waals surface area (Å²) in [6, 6.07) is 5.81. The average Bonchev–Trinajstić information content (AvgIpc) is 2.35. The van der Waals surface area contributed by atoms with E-state index >= 15 is 0 Å². The smallest absolute Gasteiger partial charge is 0.336 e. The van der Waals surface area contributed by atoms with Gasteiger partial charge in [-0.2, -0.15) is 0 Å². The number of carboxylic acid groups (broad SMARTS) is 1. The lowest BCUT2D eigenvalue weighted by atomic mass is 9.91. The number of hydrogen-bond donors (Lipinski definition) is 2. The number of carboxylic acids is 1. The number of aliphatic hydroxyl groups is 1. The maximum absolute atomic E-state index is 11.2. The lowest BCUT2D eigenvalue weighted by molar-refractivity contribution is -0.133. The summed E-state index contributed by atoms with van der Waals surface area (Å²) < 4.78 is 0. The second kappa shape index (κ2) is 4.46. The highest BCUT2D eigenvalue weighted by molar-refractivity contribution is 5.91. The zero-order valence-corrected chi connectivity index (χ0v) is 10.8. The number of hydrogen-bond acceptors (Lipinski definition) is 3. The van der Waals surface area contributed by atoms with Crippen molar-refractivity contribution in [3.8, 4) is 0 Å². The van der Waals surface area contributed by atoms with Crippen LogP contribution < -0.4 is 4.90 Å². The first-order chi connectivity index (χ1) is 8.47. The minimum absolute atomic E-state index is 0.0539. The molecule has 0 spiro atoms. The van der Waals surface area contributed by atoms with Gasteiger partial charge in [0.2, 0.25) is 0 Å². The molecule has 1 heterocycles. The Hall–Kier alpha value is -1.81. The third-order valence-corrected chi connectivity index (χ3v) is 3.55. The fraction of sp³-hybridized carbons (Fsp3) is 0.357. The van der Waals surface area contributed by atoms with Crippen molar-refractivity contribution in [3.05, 3.63) is 40.6 Å². The molecule has 4 nitrogen and oxygen atoms in total. The van der Waals surface area contributed by atoms with E-state index in [1.165, 1.54) is 0 Å². The molecule has 0 amide bonds. The standard InChI is InChI=1S/C14H17NO3/c1-4-9-5-6-11-10(7-9)13(16)12(14(17)18)8(2)15(11)3/h5-7,13,16H,4H2,1-3H3,(H,17,18). The number of nitrogens with zero attached hydrogens (tertiary/aromatic N) is 1. The van der Waals surface area contributed by atoms with Crippen LogP contribution in [0.1, 0.15) is 31.1 Å². The Morgan fingerprint density at radius 3 is 2.67 bits per heavy atom. The zero-order valence-electron chi connectivity index (χ0n) is 10.8. The number of aliphatic carboxylic acids is 1. The van der Waals surface area contributed by atoms with Crippen molar-refractivity contribution in [2.45, 2.75) is 26.4 Å². The van der Waals surface area contributed by atoms with Gasteiger partial charge in [0.05, 0.1) is 5.57 Å². The van der Waals surface area contributed by atoms with Crippen LogP contribution in [0.5, 0.6) is 0 Å². The molecule has 0 saturated heterocycles. The quantitative estimate of drug-likeness (QED) is 0.840. The van der Waals surface area contributed by atoms with E-state index in [9.17, 15) is 15.0 Å². The highest BCUT2D eigenvalue weighted by atomic mass is 16.4. The van der Waals surface area contributed by atoms with Crippen molar-refractivity contribution >= 4 is 11.7 Å². The Balaban J connectivity index is 2.61. The minimum atomic E-state index is -1.07. The fourth-order valence-electron chi connectivity index (χ4n) is 2.33. The van der Waals surface area contributed by atoms with Gasteiger partial charge in [-0.3, -0.25) is 0 Å². The van der Waals surface area contributed by atoms with Crippen molar-refractivity contribution < 1.29 is 15.0 Å². The molecule has 1 aliphatic rings. The van der Waals surface area contributed by atoms with Gasteiger partial charge in [0.25, 0.3) is 0 Å². The minimum Gasteiger partial charge on any atom is -0.478 e. The summed E-state index contributed by atoms with van der Waals surface area (Å²) in [6.07, 6.45) is -0.199. The van der Waals surface area contributed by atoms with Crippen molar-refractivity contribution in [1.29, 1.82) is 0 Å². The highest BCUT2D eigenvalue weighted by Crippen LogP contribution is 2.39.